The van der Waals surface area contributed by atoms with Crippen molar-refractivity contribution in [3.63, 3.8) is 0 Å². The zero-order valence-electron chi connectivity index (χ0n) is 13.3. The van der Waals surface area contributed by atoms with E-state index in [-0.39, 0.29) is 24.9 Å². The Hall–Kier alpha value is -1.84. The molecule has 4 heteroatoms. The molecule has 0 aromatic heterocycles. The molecule has 0 saturated heterocycles. The number of hydrogen-bond donors (Lipinski definition) is 1. The molecule has 0 radical (unpaired) electrons. The predicted octanol–water partition coefficient (Wildman–Crippen LogP) is 4.18. The third-order valence-corrected chi connectivity index (χ3v) is 3.67. The maximum atomic E-state index is 12.2. The van der Waals surface area contributed by atoms with E-state index >= 15 is 0 Å². The number of ether oxygens (including phenoxy) is 1. The van der Waals surface area contributed by atoms with Gasteiger partial charge in [0.1, 0.15) is 6.61 Å². The fourth-order valence-corrected chi connectivity index (χ4v) is 2.34. The zero-order chi connectivity index (χ0) is 16.2. The van der Waals surface area contributed by atoms with Crippen molar-refractivity contribution >= 4 is 11.9 Å². The van der Waals surface area contributed by atoms with Crippen LogP contribution in [0, 0.1) is 5.92 Å². The molecule has 1 aromatic carbocycles. The molecule has 0 saturated carbocycles. The molecule has 1 aromatic rings. The van der Waals surface area contributed by atoms with E-state index in [1.165, 1.54) is 0 Å². The Bertz CT molecular complexity index is 442. The first-order valence-electron chi connectivity index (χ1n) is 8.05. The van der Waals surface area contributed by atoms with Crippen LogP contribution in [0.15, 0.2) is 30.3 Å². The number of carbonyl (C=O) groups excluding carboxylic acids is 1. The second-order valence-electron chi connectivity index (χ2n) is 5.57. The lowest BCUT2D eigenvalue weighted by Gasteiger charge is -2.15. The van der Waals surface area contributed by atoms with Crippen LogP contribution in [0.3, 0.4) is 0 Å². The molecule has 1 atom stereocenters. The summed E-state index contributed by atoms with van der Waals surface area (Å²) >= 11 is 0. The summed E-state index contributed by atoms with van der Waals surface area (Å²) < 4.78 is 5.35. The van der Waals surface area contributed by atoms with Crippen LogP contribution >= 0.6 is 0 Å². The van der Waals surface area contributed by atoms with Gasteiger partial charge >= 0.3 is 11.9 Å². The fraction of sp³-hybridized carbons (Fsp3) is 0.556. The van der Waals surface area contributed by atoms with Crippen molar-refractivity contribution < 1.29 is 19.4 Å². The van der Waals surface area contributed by atoms with Crippen molar-refractivity contribution in [2.75, 3.05) is 0 Å². The molecule has 4 nitrogen and oxygen atoms in total. The molecule has 0 aliphatic heterocycles. The minimum atomic E-state index is -0.866. The fourth-order valence-electron chi connectivity index (χ4n) is 2.34. The van der Waals surface area contributed by atoms with Gasteiger partial charge in [-0.25, -0.2) is 0 Å². The molecule has 122 valence electrons. The van der Waals surface area contributed by atoms with Gasteiger partial charge in [0.25, 0.3) is 0 Å². The quantitative estimate of drug-likeness (QED) is 0.492. The highest BCUT2D eigenvalue weighted by Crippen LogP contribution is 2.19. The number of carbonyl (C=O) groups is 2. The number of rotatable bonds is 11. The van der Waals surface area contributed by atoms with Crippen molar-refractivity contribution in [2.24, 2.45) is 5.92 Å². The SMILES string of the molecule is CCCCCC[C@H](CCC(=O)O)C(=O)OCc1ccccc1. The number of carboxylic acid groups (broad SMARTS) is 1. The lowest BCUT2D eigenvalue weighted by atomic mass is 9.96. The van der Waals surface area contributed by atoms with Crippen molar-refractivity contribution in [1.82, 2.24) is 0 Å². The van der Waals surface area contributed by atoms with Gasteiger partial charge in [0.2, 0.25) is 0 Å². The highest BCUT2D eigenvalue weighted by molar-refractivity contribution is 5.74. The van der Waals surface area contributed by atoms with Gasteiger partial charge in [-0.1, -0.05) is 62.9 Å². The summed E-state index contributed by atoms with van der Waals surface area (Å²) in [6.07, 6.45) is 5.38. The summed E-state index contributed by atoms with van der Waals surface area (Å²) in [6, 6.07) is 9.52. The molecule has 0 fully saturated rings. The summed E-state index contributed by atoms with van der Waals surface area (Å²) in [6.45, 7) is 2.38. The van der Waals surface area contributed by atoms with Gasteiger partial charge in [0, 0.05) is 6.42 Å². The minimum Gasteiger partial charge on any atom is -0.481 e. The van der Waals surface area contributed by atoms with Gasteiger partial charge in [-0.3, -0.25) is 9.59 Å². The van der Waals surface area contributed by atoms with Crippen molar-refractivity contribution in [1.29, 1.82) is 0 Å². The maximum absolute atomic E-state index is 12.2. The monoisotopic (exact) mass is 306 g/mol. The van der Waals surface area contributed by atoms with Gasteiger partial charge in [0.05, 0.1) is 5.92 Å². The topological polar surface area (TPSA) is 63.6 Å². The van der Waals surface area contributed by atoms with Crippen molar-refractivity contribution in [2.45, 2.75) is 58.5 Å². The molecule has 0 heterocycles. The molecule has 0 aliphatic carbocycles. The molecular weight excluding hydrogens is 280 g/mol. The Labute approximate surface area is 132 Å². The first-order chi connectivity index (χ1) is 10.6. The van der Waals surface area contributed by atoms with Crippen LogP contribution in [0.25, 0.3) is 0 Å². The largest absolute Gasteiger partial charge is 0.481 e. The van der Waals surface area contributed by atoms with Gasteiger partial charge in [-0.05, 0) is 18.4 Å². The predicted molar refractivity (Wildman–Crippen MR) is 85.4 cm³/mol. The van der Waals surface area contributed by atoms with E-state index in [1.54, 1.807) is 0 Å². The van der Waals surface area contributed by atoms with Crippen LogP contribution in [0.2, 0.25) is 0 Å². The smallest absolute Gasteiger partial charge is 0.309 e. The van der Waals surface area contributed by atoms with Crippen LogP contribution in [0.4, 0.5) is 0 Å². The molecule has 0 unspecified atom stereocenters. The van der Waals surface area contributed by atoms with Crippen LogP contribution < -0.4 is 0 Å². The van der Waals surface area contributed by atoms with Gasteiger partial charge in [0.15, 0.2) is 0 Å². The molecule has 0 spiro atoms. The van der Waals surface area contributed by atoms with Crippen LogP contribution in [0.5, 0.6) is 0 Å². The zero-order valence-corrected chi connectivity index (χ0v) is 13.3. The Balaban J connectivity index is 2.44. The molecule has 0 aliphatic rings. The second kappa shape index (κ2) is 10.8. The van der Waals surface area contributed by atoms with Gasteiger partial charge in [-0.15, -0.1) is 0 Å². The van der Waals surface area contributed by atoms with E-state index in [0.29, 0.717) is 12.8 Å². The number of aliphatic carboxylic acids is 1. The molecule has 1 rings (SSSR count). The van der Waals surface area contributed by atoms with Crippen LogP contribution in [-0.4, -0.2) is 17.0 Å². The van der Waals surface area contributed by atoms with E-state index in [9.17, 15) is 9.59 Å². The lowest BCUT2D eigenvalue weighted by Crippen LogP contribution is -2.19. The number of unbranched alkanes of at least 4 members (excludes halogenated alkanes) is 3. The molecule has 1 N–H and O–H groups in total. The van der Waals surface area contributed by atoms with E-state index < -0.39 is 5.97 Å². The standard InChI is InChI=1S/C18H26O4/c1-2-3-4-8-11-16(12-13-17(19)20)18(21)22-14-15-9-6-5-7-10-15/h5-7,9-10,16H,2-4,8,11-14H2,1H3,(H,19,20)/t16-/m1/s1. The first kappa shape index (κ1) is 18.2. The number of carboxylic acids is 1. The van der Waals surface area contributed by atoms with Crippen molar-refractivity contribution in [3.8, 4) is 0 Å². The summed E-state index contributed by atoms with van der Waals surface area (Å²) in [5.74, 6) is -1.45. The summed E-state index contributed by atoms with van der Waals surface area (Å²) in [5.41, 5.74) is 0.943. The van der Waals surface area contributed by atoms with E-state index in [4.69, 9.17) is 9.84 Å². The number of esters is 1. The highest BCUT2D eigenvalue weighted by atomic mass is 16.5. The van der Waals surface area contributed by atoms with Gasteiger partial charge in [-0.2, -0.15) is 0 Å². The summed E-state index contributed by atoms with van der Waals surface area (Å²) in [7, 11) is 0. The molecule has 0 amide bonds. The number of hydrogen-bond acceptors (Lipinski definition) is 3. The summed E-state index contributed by atoms with van der Waals surface area (Å²) in [4.78, 5) is 22.9. The summed E-state index contributed by atoms with van der Waals surface area (Å²) in [5, 5.41) is 8.81. The van der Waals surface area contributed by atoms with Crippen LogP contribution in [-0.2, 0) is 20.9 Å². The average molecular weight is 306 g/mol. The Morgan fingerprint density at radius 1 is 1.09 bits per heavy atom. The van der Waals surface area contributed by atoms with E-state index in [1.807, 2.05) is 30.3 Å². The third kappa shape index (κ3) is 7.81. The van der Waals surface area contributed by atoms with E-state index in [2.05, 4.69) is 6.92 Å². The molecule has 0 bridgehead atoms. The highest BCUT2D eigenvalue weighted by Gasteiger charge is 2.20. The Morgan fingerprint density at radius 3 is 2.45 bits per heavy atom. The number of benzene rings is 1. The third-order valence-electron chi connectivity index (χ3n) is 3.67. The first-order valence-corrected chi connectivity index (χ1v) is 8.05. The maximum Gasteiger partial charge on any atom is 0.309 e. The second-order valence-corrected chi connectivity index (χ2v) is 5.57. The van der Waals surface area contributed by atoms with Crippen molar-refractivity contribution in [3.05, 3.63) is 35.9 Å². The molecule has 22 heavy (non-hydrogen) atoms. The normalized spacial score (nSPS) is 11.9. The Kier molecular flexibility index (Phi) is 8.96. The van der Waals surface area contributed by atoms with Crippen LogP contribution in [0.1, 0.15) is 57.4 Å². The minimum absolute atomic E-state index is 0.0128. The Morgan fingerprint density at radius 2 is 1.82 bits per heavy atom. The lowest BCUT2D eigenvalue weighted by molar-refractivity contribution is -0.150. The van der Waals surface area contributed by atoms with E-state index in [0.717, 1.165) is 31.2 Å². The van der Waals surface area contributed by atoms with Gasteiger partial charge < -0.3 is 9.84 Å². The molecular formula is C18H26O4. The average Bonchev–Trinajstić information content (AvgIpc) is 2.52.